The zero-order valence-electron chi connectivity index (χ0n) is 20.0. The minimum atomic E-state index is -0.644. The quantitative estimate of drug-likeness (QED) is 0.483. The monoisotopic (exact) mass is 497 g/mol. The van der Waals surface area contributed by atoms with Crippen molar-refractivity contribution in [1.82, 2.24) is 0 Å². The number of aryl methyl sites for hydroxylation is 1. The highest BCUT2D eigenvalue weighted by Gasteiger charge is 2.33. The first-order valence-corrected chi connectivity index (χ1v) is 11.8. The predicted molar refractivity (Wildman–Crippen MR) is 135 cm³/mol. The number of rotatable bonds is 9. The van der Waals surface area contributed by atoms with E-state index in [0.29, 0.717) is 32.7 Å². The summed E-state index contributed by atoms with van der Waals surface area (Å²) in [6.07, 6.45) is 2.61. The van der Waals surface area contributed by atoms with Crippen LogP contribution in [0.4, 0.5) is 5.69 Å². The Kier molecular flexibility index (Phi) is 8.97. The highest BCUT2D eigenvalue weighted by atomic mass is 32.2. The van der Waals surface area contributed by atoms with Crippen LogP contribution in [0, 0.1) is 0 Å². The summed E-state index contributed by atoms with van der Waals surface area (Å²) in [5.41, 5.74) is 2.53. The molecule has 2 aromatic carbocycles. The van der Waals surface area contributed by atoms with Gasteiger partial charge in [-0.25, -0.2) is 14.6 Å². The lowest BCUT2D eigenvalue weighted by atomic mass is 10.1. The van der Waals surface area contributed by atoms with Crippen molar-refractivity contribution in [2.45, 2.75) is 20.3 Å². The maximum Gasteiger partial charge on any atom is 0.344 e. The zero-order chi connectivity index (χ0) is 25.4. The summed E-state index contributed by atoms with van der Waals surface area (Å²) in [4.78, 5) is 29.0. The lowest BCUT2D eigenvalue weighted by Crippen LogP contribution is -2.13. The molecule has 0 bridgehead atoms. The Balaban J connectivity index is 1.94. The van der Waals surface area contributed by atoms with Crippen LogP contribution in [0.25, 0.3) is 6.08 Å². The summed E-state index contributed by atoms with van der Waals surface area (Å²) < 4.78 is 20.5. The molecule has 0 aliphatic carbocycles. The number of aliphatic imine (C=N–C) groups is 1. The normalized spacial score (nSPS) is 15.4. The van der Waals surface area contributed by atoms with Gasteiger partial charge in [0, 0.05) is 0 Å². The van der Waals surface area contributed by atoms with E-state index >= 15 is 0 Å². The average Bonchev–Trinajstić information content (AvgIpc) is 3.17. The maximum atomic E-state index is 12.6. The number of aliphatic hydroxyl groups is 1. The van der Waals surface area contributed by atoms with Crippen molar-refractivity contribution in [3.05, 3.63) is 69.8 Å². The van der Waals surface area contributed by atoms with Crippen molar-refractivity contribution in [1.29, 1.82) is 0 Å². The number of methoxy groups -OCH3 is 2. The van der Waals surface area contributed by atoms with Crippen molar-refractivity contribution >= 4 is 40.5 Å². The first kappa shape index (κ1) is 25.9. The molecule has 1 aliphatic heterocycles. The molecule has 8 nitrogen and oxygen atoms in total. The molecule has 3 rings (SSSR count). The number of benzene rings is 2. The van der Waals surface area contributed by atoms with Crippen LogP contribution in [0.3, 0.4) is 0 Å². The van der Waals surface area contributed by atoms with Gasteiger partial charge < -0.3 is 24.1 Å². The summed E-state index contributed by atoms with van der Waals surface area (Å²) in [5.74, 6) is -0.608. The van der Waals surface area contributed by atoms with E-state index in [1.165, 1.54) is 31.5 Å². The first-order chi connectivity index (χ1) is 16.9. The second-order valence-corrected chi connectivity index (χ2v) is 8.30. The number of carbonyl (C=O) groups excluding carboxylic acids is 2. The number of hydrogen-bond donors (Lipinski definition) is 1. The van der Waals surface area contributed by atoms with E-state index in [4.69, 9.17) is 14.2 Å². The molecule has 0 spiro atoms. The average molecular weight is 498 g/mol. The Morgan fingerprint density at radius 3 is 2.43 bits per heavy atom. The molecule has 0 atom stereocenters. The molecule has 184 valence electrons. The third-order valence-electron chi connectivity index (χ3n) is 5.00. The largest absolute Gasteiger partial charge is 0.506 e. The number of nitrogens with zero attached hydrogens (tertiary/aromatic N) is 1. The Bertz CT molecular complexity index is 1180. The van der Waals surface area contributed by atoms with Gasteiger partial charge in [-0.15, -0.1) is 0 Å². The van der Waals surface area contributed by atoms with Gasteiger partial charge in [0.1, 0.15) is 16.4 Å². The van der Waals surface area contributed by atoms with Gasteiger partial charge in [-0.05, 0) is 54.8 Å². The van der Waals surface area contributed by atoms with Crippen molar-refractivity contribution in [3.8, 4) is 11.5 Å². The van der Waals surface area contributed by atoms with Gasteiger partial charge in [0.25, 0.3) is 0 Å². The second kappa shape index (κ2) is 12.1. The molecular weight excluding hydrogens is 470 g/mol. The molecule has 1 aliphatic rings. The summed E-state index contributed by atoms with van der Waals surface area (Å²) in [5, 5.41) is 11.2. The smallest absolute Gasteiger partial charge is 0.344 e. The molecule has 1 heterocycles. The lowest BCUT2D eigenvalue weighted by molar-refractivity contribution is -0.143. The molecular formula is C26H27NO7S. The van der Waals surface area contributed by atoms with Crippen LogP contribution in [0.15, 0.2) is 63.7 Å². The standard InChI is InChI=1S/C26H27NO7S/c1-5-16-7-10-18(11-8-16)27-25-23(26(30)33-6-2)24(29)21(35-25)14-17-9-12-19(20(13-17)31-3)34-15-22(28)32-4/h7-14,29H,5-6,15H2,1-4H3/b21-14+,27-25?. The second-order valence-electron chi connectivity index (χ2n) is 7.27. The number of ether oxygens (including phenoxy) is 4. The summed E-state index contributed by atoms with van der Waals surface area (Å²) in [7, 11) is 2.76. The molecule has 0 saturated heterocycles. The van der Waals surface area contributed by atoms with Gasteiger partial charge in [-0.2, -0.15) is 0 Å². The van der Waals surface area contributed by atoms with Gasteiger partial charge in [0.05, 0.1) is 31.4 Å². The molecule has 35 heavy (non-hydrogen) atoms. The number of esters is 2. The van der Waals surface area contributed by atoms with Crippen LogP contribution in [0.5, 0.6) is 11.5 Å². The third kappa shape index (κ3) is 6.45. The van der Waals surface area contributed by atoms with Crippen molar-refractivity contribution in [2.24, 2.45) is 4.99 Å². The molecule has 0 unspecified atom stereocenters. The molecule has 0 amide bonds. The highest BCUT2D eigenvalue weighted by Crippen LogP contribution is 2.41. The molecule has 2 aromatic rings. The molecule has 0 radical (unpaired) electrons. The molecule has 0 saturated carbocycles. The maximum absolute atomic E-state index is 12.6. The summed E-state index contributed by atoms with van der Waals surface area (Å²) in [6.45, 7) is 3.68. The van der Waals surface area contributed by atoms with Crippen molar-refractivity contribution in [2.75, 3.05) is 27.4 Å². The van der Waals surface area contributed by atoms with Crippen LogP contribution < -0.4 is 9.47 Å². The Hall–Kier alpha value is -3.72. The van der Waals surface area contributed by atoms with E-state index < -0.39 is 11.9 Å². The van der Waals surface area contributed by atoms with Gasteiger partial charge in [-0.1, -0.05) is 36.9 Å². The van der Waals surface area contributed by atoms with Crippen LogP contribution in [-0.2, 0) is 25.5 Å². The van der Waals surface area contributed by atoms with Gasteiger partial charge in [-0.3, -0.25) is 0 Å². The van der Waals surface area contributed by atoms with E-state index in [0.717, 1.165) is 6.42 Å². The van der Waals surface area contributed by atoms with E-state index in [1.54, 1.807) is 31.2 Å². The van der Waals surface area contributed by atoms with Gasteiger partial charge in [0.15, 0.2) is 18.1 Å². The Morgan fingerprint density at radius 2 is 1.80 bits per heavy atom. The number of aliphatic hydroxyl groups excluding tert-OH is 1. The highest BCUT2D eigenvalue weighted by molar-refractivity contribution is 8.18. The number of carbonyl (C=O) groups is 2. The SMILES string of the molecule is CCOC(=O)C1=C(O)/C(=C\c2ccc(OCC(=O)OC)c(OC)c2)SC1=Nc1ccc(CC)cc1. The number of thioether (sulfide) groups is 1. The van der Waals surface area contributed by atoms with Crippen molar-refractivity contribution < 1.29 is 33.6 Å². The topological polar surface area (TPSA) is 104 Å². The third-order valence-corrected chi connectivity index (χ3v) is 6.02. The Morgan fingerprint density at radius 1 is 1.06 bits per heavy atom. The Labute approximate surface area is 208 Å². The fourth-order valence-electron chi connectivity index (χ4n) is 3.16. The summed E-state index contributed by atoms with van der Waals surface area (Å²) in [6, 6.07) is 12.7. The predicted octanol–water partition coefficient (Wildman–Crippen LogP) is 5.00. The first-order valence-electron chi connectivity index (χ1n) is 11.0. The van der Waals surface area contributed by atoms with Crippen LogP contribution in [-0.4, -0.2) is 49.5 Å². The minimum Gasteiger partial charge on any atom is -0.506 e. The van der Waals surface area contributed by atoms with Crippen LogP contribution in [0.2, 0.25) is 0 Å². The lowest BCUT2D eigenvalue weighted by Gasteiger charge is -2.10. The minimum absolute atomic E-state index is 0.0210. The van der Waals surface area contributed by atoms with Crippen molar-refractivity contribution in [3.63, 3.8) is 0 Å². The van der Waals surface area contributed by atoms with E-state index in [9.17, 15) is 14.7 Å². The molecule has 1 N–H and O–H groups in total. The fourth-order valence-corrected chi connectivity index (χ4v) is 4.19. The molecule has 0 fully saturated rings. The van der Waals surface area contributed by atoms with E-state index in [2.05, 4.69) is 16.7 Å². The van der Waals surface area contributed by atoms with Crippen LogP contribution >= 0.6 is 11.8 Å². The van der Waals surface area contributed by atoms with Gasteiger partial charge in [0.2, 0.25) is 0 Å². The van der Waals surface area contributed by atoms with E-state index in [-0.39, 0.29) is 24.5 Å². The number of hydrogen-bond acceptors (Lipinski definition) is 9. The zero-order valence-corrected chi connectivity index (χ0v) is 20.8. The summed E-state index contributed by atoms with van der Waals surface area (Å²) >= 11 is 1.17. The fraction of sp³-hybridized carbons (Fsp3) is 0.269. The van der Waals surface area contributed by atoms with Crippen LogP contribution in [0.1, 0.15) is 25.0 Å². The van der Waals surface area contributed by atoms with E-state index in [1.807, 2.05) is 24.3 Å². The molecule has 9 heteroatoms. The van der Waals surface area contributed by atoms with Gasteiger partial charge >= 0.3 is 11.9 Å². The molecule has 0 aromatic heterocycles.